The van der Waals surface area contributed by atoms with Gasteiger partial charge in [-0.05, 0) is 42.9 Å². The Labute approximate surface area is 184 Å². The molecule has 1 heterocycles. The third-order valence-corrected chi connectivity index (χ3v) is 5.51. The molecule has 0 aromatic heterocycles. The number of hydrogen-bond acceptors (Lipinski definition) is 3. The van der Waals surface area contributed by atoms with Crippen LogP contribution in [0.15, 0.2) is 97.6 Å². The van der Waals surface area contributed by atoms with Crippen LogP contribution in [-0.4, -0.2) is 29.5 Å². The predicted molar refractivity (Wildman–Crippen MR) is 124 cm³/mol. The van der Waals surface area contributed by atoms with Gasteiger partial charge in [0.25, 0.3) is 5.91 Å². The SMILES string of the molecule is C=CC(=C)CCCC/C=C/C(=O)N1C(=O)OC[C@H]1C(c1ccccc1)c1ccccc1. The lowest BCUT2D eigenvalue weighted by molar-refractivity contribution is -0.124. The maximum Gasteiger partial charge on any atom is 0.417 e. The van der Waals surface area contributed by atoms with Crippen LogP contribution in [0.5, 0.6) is 0 Å². The molecule has 1 fully saturated rings. The molecule has 0 bridgehead atoms. The lowest BCUT2D eigenvalue weighted by Crippen LogP contribution is -2.42. The topological polar surface area (TPSA) is 46.6 Å². The number of ether oxygens (including phenoxy) is 1. The maximum atomic E-state index is 12.9. The Kier molecular flexibility index (Phi) is 7.99. The van der Waals surface area contributed by atoms with Crippen molar-refractivity contribution >= 4 is 12.0 Å². The van der Waals surface area contributed by atoms with E-state index < -0.39 is 12.1 Å². The van der Waals surface area contributed by atoms with Gasteiger partial charge in [-0.2, -0.15) is 0 Å². The van der Waals surface area contributed by atoms with Crippen LogP contribution >= 0.6 is 0 Å². The number of amides is 2. The molecule has 3 rings (SSSR count). The van der Waals surface area contributed by atoms with E-state index in [2.05, 4.69) is 13.2 Å². The van der Waals surface area contributed by atoms with Crippen LogP contribution in [0.1, 0.15) is 42.7 Å². The molecule has 2 aromatic carbocycles. The summed E-state index contributed by atoms with van der Waals surface area (Å²) in [4.78, 5) is 26.7. The van der Waals surface area contributed by atoms with Crippen LogP contribution < -0.4 is 0 Å². The molecule has 0 saturated carbocycles. The van der Waals surface area contributed by atoms with Gasteiger partial charge in [-0.25, -0.2) is 9.69 Å². The predicted octanol–water partition coefficient (Wildman–Crippen LogP) is 6.02. The van der Waals surface area contributed by atoms with Crippen LogP contribution in [0.2, 0.25) is 0 Å². The van der Waals surface area contributed by atoms with Gasteiger partial charge >= 0.3 is 6.09 Å². The van der Waals surface area contributed by atoms with Crippen molar-refractivity contribution in [1.82, 2.24) is 4.90 Å². The Morgan fingerprint density at radius 3 is 2.26 bits per heavy atom. The normalized spacial score (nSPS) is 16.0. The lowest BCUT2D eigenvalue weighted by atomic mass is 9.85. The molecule has 4 heteroatoms. The van der Waals surface area contributed by atoms with Gasteiger partial charge in [0.05, 0.1) is 6.04 Å². The minimum absolute atomic E-state index is 0.156. The minimum Gasteiger partial charge on any atom is -0.447 e. The standard InChI is InChI=1S/C27H29NO3/c1-3-21(2)14-8-4-5-13-19-25(29)28-24(20-31-27(28)30)26(22-15-9-6-10-16-22)23-17-11-7-12-18-23/h3,6-7,9-13,15-19,24,26H,1-2,4-5,8,14,20H2/b19-13+/t24-/m0/s1. The van der Waals surface area contributed by atoms with Crippen molar-refractivity contribution in [2.24, 2.45) is 0 Å². The van der Waals surface area contributed by atoms with Crippen LogP contribution in [0.4, 0.5) is 4.79 Å². The third kappa shape index (κ3) is 5.82. The van der Waals surface area contributed by atoms with Crippen molar-refractivity contribution in [3.8, 4) is 0 Å². The Balaban J connectivity index is 1.74. The van der Waals surface area contributed by atoms with E-state index in [1.807, 2.05) is 66.7 Å². The smallest absolute Gasteiger partial charge is 0.417 e. The number of allylic oxidation sites excluding steroid dienone is 3. The molecule has 0 aliphatic carbocycles. The second-order valence-corrected chi connectivity index (χ2v) is 7.66. The Bertz CT molecular complexity index is 894. The summed E-state index contributed by atoms with van der Waals surface area (Å²) in [6.07, 6.45) is 8.12. The van der Waals surface area contributed by atoms with Crippen molar-refractivity contribution in [3.05, 3.63) is 109 Å². The van der Waals surface area contributed by atoms with Crippen molar-refractivity contribution in [2.75, 3.05) is 6.61 Å². The summed E-state index contributed by atoms with van der Waals surface area (Å²) in [5.74, 6) is -0.490. The number of carbonyl (C=O) groups excluding carboxylic acids is 2. The van der Waals surface area contributed by atoms with Gasteiger partial charge in [0, 0.05) is 5.92 Å². The number of nitrogens with zero attached hydrogens (tertiary/aromatic N) is 1. The molecule has 0 unspecified atom stereocenters. The van der Waals surface area contributed by atoms with E-state index in [1.54, 1.807) is 6.08 Å². The molecule has 1 saturated heterocycles. The van der Waals surface area contributed by atoms with E-state index in [4.69, 9.17) is 4.74 Å². The van der Waals surface area contributed by atoms with Crippen molar-refractivity contribution < 1.29 is 14.3 Å². The average Bonchev–Trinajstić information content (AvgIpc) is 3.18. The lowest BCUT2D eigenvalue weighted by Gasteiger charge is -2.28. The highest BCUT2D eigenvalue weighted by Crippen LogP contribution is 2.34. The molecule has 0 radical (unpaired) electrons. The average molecular weight is 416 g/mol. The molecule has 1 atom stereocenters. The fourth-order valence-electron chi connectivity index (χ4n) is 3.87. The van der Waals surface area contributed by atoms with Crippen LogP contribution in [0, 0.1) is 0 Å². The fraction of sp³-hybridized carbons (Fsp3) is 0.259. The number of benzene rings is 2. The first-order valence-electron chi connectivity index (χ1n) is 10.7. The molecular formula is C27H29NO3. The number of hydrogen-bond donors (Lipinski definition) is 0. The second-order valence-electron chi connectivity index (χ2n) is 7.66. The van der Waals surface area contributed by atoms with Crippen LogP contribution in [0.3, 0.4) is 0 Å². The van der Waals surface area contributed by atoms with E-state index >= 15 is 0 Å². The summed E-state index contributed by atoms with van der Waals surface area (Å²) >= 11 is 0. The molecule has 1 aliphatic rings. The number of carbonyl (C=O) groups is 2. The summed E-state index contributed by atoms with van der Waals surface area (Å²) in [5.41, 5.74) is 3.11. The van der Waals surface area contributed by atoms with Gasteiger partial charge in [-0.15, -0.1) is 0 Å². The van der Waals surface area contributed by atoms with Gasteiger partial charge in [-0.3, -0.25) is 4.79 Å². The van der Waals surface area contributed by atoms with E-state index in [1.165, 1.54) is 11.0 Å². The number of cyclic esters (lactones) is 1. The minimum atomic E-state index is -0.584. The second kappa shape index (κ2) is 11.1. The van der Waals surface area contributed by atoms with Crippen LogP contribution in [0.25, 0.3) is 0 Å². The number of rotatable bonds is 10. The van der Waals surface area contributed by atoms with E-state index in [-0.39, 0.29) is 18.4 Å². The molecule has 31 heavy (non-hydrogen) atoms. The van der Waals surface area contributed by atoms with Gasteiger partial charge < -0.3 is 4.74 Å². The Morgan fingerprint density at radius 2 is 1.68 bits per heavy atom. The third-order valence-electron chi connectivity index (χ3n) is 5.51. The summed E-state index contributed by atoms with van der Waals surface area (Å²) < 4.78 is 5.32. The zero-order chi connectivity index (χ0) is 22.1. The quantitative estimate of drug-likeness (QED) is 0.271. The summed E-state index contributed by atoms with van der Waals surface area (Å²) in [6.45, 7) is 7.79. The van der Waals surface area contributed by atoms with Gasteiger partial charge in [0.2, 0.25) is 0 Å². The monoisotopic (exact) mass is 415 g/mol. The fourth-order valence-corrected chi connectivity index (χ4v) is 3.87. The summed E-state index contributed by atoms with van der Waals surface area (Å²) in [5, 5.41) is 0. The zero-order valence-electron chi connectivity index (χ0n) is 17.8. The number of unbranched alkanes of at least 4 members (excludes halogenated alkanes) is 2. The van der Waals surface area contributed by atoms with Crippen molar-refractivity contribution in [1.29, 1.82) is 0 Å². The molecule has 2 aromatic rings. The Hall–Kier alpha value is -3.40. The molecule has 0 N–H and O–H groups in total. The molecule has 2 amide bonds. The highest BCUT2D eigenvalue weighted by molar-refractivity contribution is 6.00. The highest BCUT2D eigenvalue weighted by Gasteiger charge is 2.42. The first-order valence-corrected chi connectivity index (χ1v) is 10.7. The van der Waals surface area contributed by atoms with Crippen molar-refractivity contribution in [2.45, 2.75) is 37.6 Å². The zero-order valence-corrected chi connectivity index (χ0v) is 17.8. The van der Waals surface area contributed by atoms with E-state index in [0.717, 1.165) is 42.4 Å². The van der Waals surface area contributed by atoms with Gasteiger partial charge in [0.1, 0.15) is 6.61 Å². The van der Waals surface area contributed by atoms with Gasteiger partial charge in [-0.1, -0.05) is 91.5 Å². The van der Waals surface area contributed by atoms with E-state index in [0.29, 0.717) is 0 Å². The molecule has 1 aliphatic heterocycles. The summed E-state index contributed by atoms with van der Waals surface area (Å²) in [6, 6.07) is 19.5. The highest BCUT2D eigenvalue weighted by atomic mass is 16.6. The van der Waals surface area contributed by atoms with Crippen LogP contribution in [-0.2, 0) is 9.53 Å². The maximum absolute atomic E-state index is 12.9. The Morgan fingerprint density at radius 1 is 1.06 bits per heavy atom. The van der Waals surface area contributed by atoms with E-state index in [9.17, 15) is 9.59 Å². The first-order chi connectivity index (χ1) is 15.1. The largest absolute Gasteiger partial charge is 0.447 e. The molecule has 160 valence electrons. The summed E-state index contributed by atoms with van der Waals surface area (Å²) in [7, 11) is 0. The molecular weight excluding hydrogens is 386 g/mol. The van der Waals surface area contributed by atoms with Crippen molar-refractivity contribution in [3.63, 3.8) is 0 Å². The number of imide groups is 1. The molecule has 0 spiro atoms. The first kappa shape index (κ1) is 22.3. The van der Waals surface area contributed by atoms with Gasteiger partial charge in [0.15, 0.2) is 0 Å². The molecule has 4 nitrogen and oxygen atoms in total.